The lowest BCUT2D eigenvalue weighted by Gasteiger charge is -2.29. The van der Waals surface area contributed by atoms with Crippen molar-refractivity contribution in [1.82, 2.24) is 0 Å². The average molecular weight is 203 g/mol. The Kier molecular flexibility index (Phi) is 2.90. The first kappa shape index (κ1) is 10.0. The van der Waals surface area contributed by atoms with Crippen molar-refractivity contribution >= 4 is 11.5 Å². The predicted molar refractivity (Wildman–Crippen MR) is 63.5 cm³/mol. The Bertz CT molecular complexity index is 354. The van der Waals surface area contributed by atoms with Gasteiger partial charge in [0.15, 0.2) is 0 Å². The van der Waals surface area contributed by atoms with Gasteiger partial charge in [0.05, 0.1) is 0 Å². The first-order chi connectivity index (χ1) is 7.27. The number of nitrogens with two attached hydrogens (primary N) is 1. The molecule has 15 heavy (non-hydrogen) atoms. The minimum absolute atomic E-state index is 0.147. The number of rotatable bonds is 2. The van der Waals surface area contributed by atoms with E-state index in [9.17, 15) is 0 Å². The molecule has 0 radical (unpaired) electrons. The highest BCUT2D eigenvalue weighted by molar-refractivity contribution is 5.95. The van der Waals surface area contributed by atoms with Gasteiger partial charge in [0, 0.05) is 24.3 Å². The molecule has 0 unspecified atom stereocenters. The van der Waals surface area contributed by atoms with Gasteiger partial charge in [-0.1, -0.05) is 12.1 Å². The molecule has 0 bridgehead atoms. The summed E-state index contributed by atoms with van der Waals surface area (Å²) in [7, 11) is 0. The number of benzene rings is 1. The fourth-order valence-electron chi connectivity index (χ4n) is 2.02. The molecule has 3 N–H and O–H groups in total. The van der Waals surface area contributed by atoms with Gasteiger partial charge in [-0.25, -0.2) is 0 Å². The van der Waals surface area contributed by atoms with Crippen LogP contribution < -0.4 is 10.6 Å². The molecule has 1 heterocycles. The number of nitrogen functional groups attached to an aromatic ring is 1. The molecule has 1 aromatic rings. The first-order valence-electron chi connectivity index (χ1n) is 5.47. The summed E-state index contributed by atoms with van der Waals surface area (Å²) >= 11 is 0. The normalized spacial score (nSPS) is 16.4. The topological polar surface area (TPSA) is 53.1 Å². The Morgan fingerprint density at radius 2 is 1.93 bits per heavy atom. The summed E-state index contributed by atoms with van der Waals surface area (Å²) in [5, 5.41) is 7.41. The summed E-state index contributed by atoms with van der Waals surface area (Å²) in [5.74, 6) is 0.147. The largest absolute Gasteiger partial charge is 0.384 e. The second-order valence-corrected chi connectivity index (χ2v) is 4.01. The van der Waals surface area contributed by atoms with Crippen LogP contribution in [0.3, 0.4) is 0 Å². The number of hydrogen-bond acceptors (Lipinski definition) is 2. The van der Waals surface area contributed by atoms with Crippen LogP contribution in [-0.4, -0.2) is 18.9 Å². The van der Waals surface area contributed by atoms with Gasteiger partial charge in [0.25, 0.3) is 0 Å². The van der Waals surface area contributed by atoms with E-state index in [1.165, 1.54) is 24.9 Å². The second-order valence-electron chi connectivity index (χ2n) is 4.01. The van der Waals surface area contributed by atoms with Crippen molar-refractivity contribution in [3.63, 3.8) is 0 Å². The third kappa shape index (κ3) is 2.29. The molecule has 0 saturated carbocycles. The lowest BCUT2D eigenvalue weighted by Crippen LogP contribution is -2.29. The van der Waals surface area contributed by atoms with Crippen LogP contribution in [0.2, 0.25) is 0 Å². The SMILES string of the molecule is N=C(N)c1cccc(N2CCCCC2)c1. The lowest BCUT2D eigenvalue weighted by atomic mass is 10.1. The fraction of sp³-hybridized carbons (Fsp3) is 0.417. The van der Waals surface area contributed by atoms with E-state index in [1.807, 2.05) is 18.2 Å². The van der Waals surface area contributed by atoms with Crippen LogP contribution in [0, 0.1) is 5.41 Å². The molecule has 1 aliphatic heterocycles. The van der Waals surface area contributed by atoms with Gasteiger partial charge in [-0.2, -0.15) is 0 Å². The van der Waals surface area contributed by atoms with Gasteiger partial charge in [-0.3, -0.25) is 5.41 Å². The monoisotopic (exact) mass is 203 g/mol. The van der Waals surface area contributed by atoms with E-state index in [4.69, 9.17) is 11.1 Å². The quantitative estimate of drug-likeness (QED) is 0.570. The minimum atomic E-state index is 0.147. The molecule has 80 valence electrons. The van der Waals surface area contributed by atoms with E-state index >= 15 is 0 Å². The molecule has 1 aromatic carbocycles. The van der Waals surface area contributed by atoms with Crippen LogP contribution in [0.15, 0.2) is 24.3 Å². The number of nitrogens with zero attached hydrogens (tertiary/aromatic N) is 1. The van der Waals surface area contributed by atoms with Gasteiger partial charge >= 0.3 is 0 Å². The smallest absolute Gasteiger partial charge is 0.122 e. The average Bonchev–Trinajstić information content (AvgIpc) is 2.30. The van der Waals surface area contributed by atoms with Crippen LogP contribution in [0.5, 0.6) is 0 Å². The summed E-state index contributed by atoms with van der Waals surface area (Å²) in [5.41, 5.74) is 7.49. The van der Waals surface area contributed by atoms with Crippen LogP contribution in [0.25, 0.3) is 0 Å². The summed E-state index contributed by atoms with van der Waals surface area (Å²) in [6.07, 6.45) is 3.87. The maximum Gasteiger partial charge on any atom is 0.122 e. The van der Waals surface area contributed by atoms with E-state index < -0.39 is 0 Å². The summed E-state index contributed by atoms with van der Waals surface area (Å²) < 4.78 is 0. The highest BCUT2D eigenvalue weighted by Crippen LogP contribution is 2.20. The van der Waals surface area contributed by atoms with Gasteiger partial charge < -0.3 is 10.6 Å². The van der Waals surface area contributed by atoms with Crippen molar-refractivity contribution in [2.24, 2.45) is 5.73 Å². The van der Waals surface area contributed by atoms with Crippen molar-refractivity contribution in [3.8, 4) is 0 Å². The molecule has 0 atom stereocenters. The zero-order valence-electron chi connectivity index (χ0n) is 8.87. The number of piperidine rings is 1. The van der Waals surface area contributed by atoms with E-state index in [0.29, 0.717) is 0 Å². The van der Waals surface area contributed by atoms with Crippen molar-refractivity contribution < 1.29 is 0 Å². The molecule has 1 saturated heterocycles. The maximum absolute atomic E-state index is 7.41. The van der Waals surface area contributed by atoms with Crippen LogP contribution in [-0.2, 0) is 0 Å². The van der Waals surface area contributed by atoms with Crippen molar-refractivity contribution in [2.75, 3.05) is 18.0 Å². The summed E-state index contributed by atoms with van der Waals surface area (Å²) in [6, 6.07) is 7.96. The fourth-order valence-corrected chi connectivity index (χ4v) is 2.02. The highest BCUT2D eigenvalue weighted by Gasteiger charge is 2.11. The van der Waals surface area contributed by atoms with Gasteiger partial charge in [-0.15, -0.1) is 0 Å². The molecule has 2 rings (SSSR count). The standard InChI is InChI=1S/C12H17N3/c13-12(14)10-5-4-6-11(9-10)15-7-2-1-3-8-15/h4-6,9H,1-3,7-8H2,(H3,13,14). The van der Waals surface area contributed by atoms with E-state index in [-0.39, 0.29) is 5.84 Å². The molecule has 0 aliphatic carbocycles. The Morgan fingerprint density at radius 3 is 2.60 bits per heavy atom. The molecular formula is C12H17N3. The third-order valence-electron chi connectivity index (χ3n) is 2.88. The van der Waals surface area contributed by atoms with Crippen LogP contribution >= 0.6 is 0 Å². The van der Waals surface area contributed by atoms with Gasteiger partial charge in [0.1, 0.15) is 5.84 Å². The maximum atomic E-state index is 7.41. The molecule has 0 aromatic heterocycles. The Morgan fingerprint density at radius 1 is 1.20 bits per heavy atom. The molecular weight excluding hydrogens is 186 g/mol. The van der Waals surface area contributed by atoms with E-state index in [2.05, 4.69) is 11.0 Å². The molecule has 0 spiro atoms. The van der Waals surface area contributed by atoms with Crippen LogP contribution in [0.1, 0.15) is 24.8 Å². The van der Waals surface area contributed by atoms with E-state index in [1.54, 1.807) is 0 Å². The summed E-state index contributed by atoms with van der Waals surface area (Å²) in [6.45, 7) is 2.25. The van der Waals surface area contributed by atoms with Crippen LogP contribution in [0.4, 0.5) is 5.69 Å². The molecule has 3 nitrogen and oxygen atoms in total. The number of anilines is 1. The minimum Gasteiger partial charge on any atom is -0.384 e. The zero-order valence-corrected chi connectivity index (χ0v) is 8.87. The number of nitrogens with one attached hydrogen (secondary N) is 1. The van der Waals surface area contributed by atoms with Crippen molar-refractivity contribution in [3.05, 3.63) is 29.8 Å². The molecule has 3 heteroatoms. The predicted octanol–water partition coefficient (Wildman–Crippen LogP) is 1.96. The molecule has 1 fully saturated rings. The Balaban J connectivity index is 2.19. The molecule has 0 amide bonds. The highest BCUT2D eigenvalue weighted by atomic mass is 15.1. The van der Waals surface area contributed by atoms with Gasteiger partial charge in [0.2, 0.25) is 0 Å². The Hall–Kier alpha value is -1.51. The lowest BCUT2D eigenvalue weighted by molar-refractivity contribution is 0.578. The number of hydrogen-bond donors (Lipinski definition) is 2. The third-order valence-corrected chi connectivity index (χ3v) is 2.88. The van der Waals surface area contributed by atoms with Crippen molar-refractivity contribution in [2.45, 2.75) is 19.3 Å². The van der Waals surface area contributed by atoms with Crippen molar-refractivity contribution in [1.29, 1.82) is 5.41 Å². The van der Waals surface area contributed by atoms with Gasteiger partial charge in [-0.05, 0) is 31.4 Å². The second kappa shape index (κ2) is 4.34. The van der Waals surface area contributed by atoms with E-state index in [0.717, 1.165) is 18.7 Å². The number of amidine groups is 1. The first-order valence-corrected chi connectivity index (χ1v) is 5.47. The Labute approximate surface area is 90.4 Å². The zero-order chi connectivity index (χ0) is 10.7. The summed E-state index contributed by atoms with van der Waals surface area (Å²) in [4.78, 5) is 2.37. The molecule has 1 aliphatic rings.